The van der Waals surface area contributed by atoms with Crippen LogP contribution in [0.25, 0.3) is 0 Å². The average molecular weight is 454 g/mol. The zero-order chi connectivity index (χ0) is 23.6. The first-order valence-electron chi connectivity index (χ1n) is 11.5. The molecule has 0 aromatic heterocycles. The molecule has 0 atom stereocenters. The normalized spacial score (nSPS) is 14.2. The van der Waals surface area contributed by atoms with Crippen LogP contribution in [-0.4, -0.2) is 62.7 Å². The van der Waals surface area contributed by atoms with Gasteiger partial charge in [0.25, 0.3) is 5.91 Å². The van der Waals surface area contributed by atoms with Crippen molar-refractivity contribution in [3.8, 4) is 5.75 Å². The number of ether oxygens (including phenoxy) is 2. The van der Waals surface area contributed by atoms with Gasteiger partial charge in [-0.2, -0.15) is 0 Å². The van der Waals surface area contributed by atoms with Crippen LogP contribution in [0.3, 0.4) is 0 Å². The third kappa shape index (κ3) is 7.87. The van der Waals surface area contributed by atoms with Crippen molar-refractivity contribution in [2.24, 2.45) is 0 Å². The van der Waals surface area contributed by atoms with Gasteiger partial charge in [-0.25, -0.2) is 0 Å². The monoisotopic (exact) mass is 453 g/mol. The summed E-state index contributed by atoms with van der Waals surface area (Å²) >= 11 is 0. The fraction of sp³-hybridized carbons (Fsp3) is 0.462. The molecular formula is C26H35N3O4. The first kappa shape index (κ1) is 24.7. The molecular weight excluding hydrogens is 418 g/mol. The standard InChI is InChI=1S/C26H35N3O4/c1-19-7-8-22(15-20(19)2)26(31)28-18-25(30)27-17-21-5-4-6-24(16-21)33-14-11-29(3)23-9-12-32-13-10-23/h4-8,15-16,23H,9-14,17-18H2,1-3H3,(H,27,30)(H,28,31). The van der Waals surface area contributed by atoms with Gasteiger partial charge in [0, 0.05) is 37.9 Å². The Kier molecular flexibility index (Phi) is 9.27. The van der Waals surface area contributed by atoms with Gasteiger partial charge in [-0.1, -0.05) is 18.2 Å². The summed E-state index contributed by atoms with van der Waals surface area (Å²) in [5.41, 5.74) is 3.67. The van der Waals surface area contributed by atoms with Crippen molar-refractivity contribution < 1.29 is 19.1 Å². The van der Waals surface area contributed by atoms with E-state index >= 15 is 0 Å². The van der Waals surface area contributed by atoms with E-state index in [2.05, 4.69) is 22.6 Å². The molecule has 2 aromatic carbocycles. The van der Waals surface area contributed by atoms with Crippen LogP contribution >= 0.6 is 0 Å². The Bertz CT molecular complexity index is 941. The second kappa shape index (κ2) is 12.4. The molecule has 0 aliphatic carbocycles. The van der Waals surface area contributed by atoms with Gasteiger partial charge in [0.1, 0.15) is 12.4 Å². The molecule has 0 radical (unpaired) electrons. The number of carbonyl (C=O) groups excluding carboxylic acids is 2. The van der Waals surface area contributed by atoms with Crippen LogP contribution in [-0.2, 0) is 16.1 Å². The zero-order valence-electron chi connectivity index (χ0n) is 19.9. The Morgan fingerprint density at radius 1 is 1.06 bits per heavy atom. The summed E-state index contributed by atoms with van der Waals surface area (Å²) in [4.78, 5) is 26.8. The maximum absolute atomic E-state index is 12.3. The number of rotatable bonds is 10. The van der Waals surface area contributed by atoms with E-state index in [1.165, 1.54) is 0 Å². The number of likely N-dealkylation sites (N-methyl/N-ethyl adjacent to an activating group) is 1. The maximum atomic E-state index is 12.3. The van der Waals surface area contributed by atoms with E-state index in [4.69, 9.17) is 9.47 Å². The largest absolute Gasteiger partial charge is 0.492 e. The molecule has 7 heteroatoms. The lowest BCUT2D eigenvalue weighted by Gasteiger charge is -2.31. The zero-order valence-corrected chi connectivity index (χ0v) is 19.9. The van der Waals surface area contributed by atoms with Gasteiger partial charge >= 0.3 is 0 Å². The number of hydrogen-bond acceptors (Lipinski definition) is 5. The molecule has 1 aliphatic heterocycles. The van der Waals surface area contributed by atoms with Crippen LogP contribution in [0, 0.1) is 13.8 Å². The molecule has 0 bridgehead atoms. The van der Waals surface area contributed by atoms with Gasteiger partial charge in [0.15, 0.2) is 0 Å². The molecule has 2 amide bonds. The van der Waals surface area contributed by atoms with Crippen molar-refractivity contribution in [2.75, 3.05) is 40.0 Å². The van der Waals surface area contributed by atoms with Crippen molar-refractivity contribution in [1.29, 1.82) is 0 Å². The first-order valence-corrected chi connectivity index (χ1v) is 11.5. The van der Waals surface area contributed by atoms with E-state index in [1.54, 1.807) is 6.07 Å². The molecule has 1 saturated heterocycles. The predicted molar refractivity (Wildman–Crippen MR) is 129 cm³/mol. The first-order chi connectivity index (χ1) is 15.9. The summed E-state index contributed by atoms with van der Waals surface area (Å²) < 4.78 is 11.3. The topological polar surface area (TPSA) is 79.9 Å². The van der Waals surface area contributed by atoms with Gasteiger partial charge in [0.05, 0.1) is 6.54 Å². The Balaban J connectivity index is 1.38. The lowest BCUT2D eigenvalue weighted by molar-refractivity contribution is -0.120. The molecule has 33 heavy (non-hydrogen) atoms. The lowest BCUT2D eigenvalue weighted by atomic mass is 10.1. The van der Waals surface area contributed by atoms with Gasteiger partial charge < -0.3 is 20.1 Å². The number of carbonyl (C=O) groups is 2. The molecule has 7 nitrogen and oxygen atoms in total. The van der Waals surface area contributed by atoms with Crippen LogP contribution in [0.5, 0.6) is 5.75 Å². The fourth-order valence-electron chi connectivity index (χ4n) is 3.77. The average Bonchev–Trinajstić information content (AvgIpc) is 2.83. The SMILES string of the molecule is Cc1ccc(C(=O)NCC(=O)NCc2cccc(OCCN(C)C3CCOCC3)c2)cc1C. The number of benzene rings is 2. The third-order valence-corrected chi connectivity index (χ3v) is 6.09. The number of amides is 2. The van der Waals surface area contributed by atoms with Crippen molar-refractivity contribution in [2.45, 2.75) is 39.3 Å². The minimum Gasteiger partial charge on any atom is -0.492 e. The summed E-state index contributed by atoms with van der Waals surface area (Å²) in [6.45, 7) is 7.38. The molecule has 0 unspecified atom stereocenters. The van der Waals surface area contributed by atoms with E-state index in [0.29, 0.717) is 24.8 Å². The number of aryl methyl sites for hydroxylation is 2. The van der Waals surface area contributed by atoms with Crippen molar-refractivity contribution in [1.82, 2.24) is 15.5 Å². The summed E-state index contributed by atoms with van der Waals surface area (Å²) in [7, 11) is 2.13. The Morgan fingerprint density at radius 2 is 1.85 bits per heavy atom. The summed E-state index contributed by atoms with van der Waals surface area (Å²) in [5.74, 6) is 0.288. The van der Waals surface area contributed by atoms with Crippen LogP contribution in [0.1, 0.15) is 39.9 Å². The molecule has 178 valence electrons. The minimum absolute atomic E-state index is 0.0690. The number of nitrogens with zero attached hydrogens (tertiary/aromatic N) is 1. The highest BCUT2D eigenvalue weighted by Gasteiger charge is 2.18. The van der Waals surface area contributed by atoms with Crippen molar-refractivity contribution >= 4 is 11.8 Å². The van der Waals surface area contributed by atoms with Crippen LogP contribution in [0.4, 0.5) is 0 Å². The smallest absolute Gasteiger partial charge is 0.251 e. The number of hydrogen-bond donors (Lipinski definition) is 2. The second-order valence-electron chi connectivity index (χ2n) is 8.58. The lowest BCUT2D eigenvalue weighted by Crippen LogP contribution is -2.38. The fourth-order valence-corrected chi connectivity index (χ4v) is 3.77. The van der Waals surface area contributed by atoms with Crippen LogP contribution in [0.15, 0.2) is 42.5 Å². The Hall–Kier alpha value is -2.90. The molecule has 1 fully saturated rings. The van der Waals surface area contributed by atoms with E-state index in [9.17, 15) is 9.59 Å². The van der Waals surface area contributed by atoms with E-state index in [0.717, 1.165) is 55.0 Å². The van der Waals surface area contributed by atoms with E-state index < -0.39 is 0 Å². The molecule has 1 heterocycles. The van der Waals surface area contributed by atoms with E-state index in [-0.39, 0.29) is 18.4 Å². The van der Waals surface area contributed by atoms with Gasteiger partial charge in [-0.15, -0.1) is 0 Å². The van der Waals surface area contributed by atoms with Crippen molar-refractivity contribution in [3.63, 3.8) is 0 Å². The Morgan fingerprint density at radius 3 is 2.61 bits per heavy atom. The second-order valence-corrected chi connectivity index (χ2v) is 8.58. The van der Waals surface area contributed by atoms with Crippen LogP contribution in [0.2, 0.25) is 0 Å². The molecule has 1 aliphatic rings. The molecule has 3 rings (SSSR count). The molecule has 0 spiro atoms. The van der Waals surface area contributed by atoms with Gasteiger partial charge in [-0.3, -0.25) is 14.5 Å². The summed E-state index contributed by atoms with van der Waals surface area (Å²) in [5, 5.41) is 5.51. The van der Waals surface area contributed by atoms with Gasteiger partial charge in [0.2, 0.25) is 5.91 Å². The third-order valence-electron chi connectivity index (χ3n) is 6.09. The summed E-state index contributed by atoms with van der Waals surface area (Å²) in [6.07, 6.45) is 2.13. The molecule has 2 N–H and O–H groups in total. The molecule has 2 aromatic rings. The quantitative estimate of drug-likeness (QED) is 0.578. The van der Waals surface area contributed by atoms with Crippen molar-refractivity contribution in [3.05, 3.63) is 64.7 Å². The van der Waals surface area contributed by atoms with Gasteiger partial charge in [-0.05, 0) is 74.7 Å². The number of nitrogens with one attached hydrogen (secondary N) is 2. The highest BCUT2D eigenvalue weighted by Crippen LogP contribution is 2.15. The Labute approximate surface area is 196 Å². The molecule has 0 saturated carbocycles. The highest BCUT2D eigenvalue weighted by atomic mass is 16.5. The predicted octanol–water partition coefficient (Wildman–Crippen LogP) is 2.84. The highest BCUT2D eigenvalue weighted by molar-refractivity contribution is 5.96. The van der Waals surface area contributed by atoms with Crippen LogP contribution < -0.4 is 15.4 Å². The van der Waals surface area contributed by atoms with E-state index in [1.807, 2.05) is 50.2 Å². The minimum atomic E-state index is -0.255. The maximum Gasteiger partial charge on any atom is 0.251 e. The summed E-state index contributed by atoms with van der Waals surface area (Å²) in [6, 6.07) is 13.8.